The van der Waals surface area contributed by atoms with Crippen LogP contribution in [0.25, 0.3) is 0 Å². The minimum Gasteiger partial charge on any atom is -0.484 e. The van der Waals surface area contributed by atoms with Gasteiger partial charge in [-0.25, -0.2) is 8.42 Å². The molecular weight excluding hydrogens is 373 g/mol. The van der Waals surface area contributed by atoms with Gasteiger partial charge >= 0.3 is 6.18 Å². The van der Waals surface area contributed by atoms with Gasteiger partial charge in [0.15, 0.2) is 21.2 Å². The van der Waals surface area contributed by atoms with Crippen molar-refractivity contribution >= 4 is 15.7 Å². The number of nitrogens with one attached hydrogen (secondary N) is 2. The van der Waals surface area contributed by atoms with E-state index in [4.69, 9.17) is 4.74 Å². The number of hydrogen-bond donors (Lipinski definition) is 2. The molecule has 1 aromatic carbocycles. The largest absolute Gasteiger partial charge is 0.484 e. The number of hydrogen-bond acceptors (Lipinski definition) is 5. The zero-order valence-corrected chi connectivity index (χ0v) is 15.0. The maximum absolute atomic E-state index is 12.6. The number of ether oxygens (including phenoxy) is 1. The molecular formula is C16H21F3N2O4S. The Morgan fingerprint density at radius 3 is 2.46 bits per heavy atom. The minimum atomic E-state index is -4.48. The number of rotatable bonds is 6. The molecule has 6 nitrogen and oxygen atoms in total. The van der Waals surface area contributed by atoms with E-state index >= 15 is 0 Å². The molecule has 0 aliphatic carbocycles. The summed E-state index contributed by atoms with van der Waals surface area (Å²) >= 11 is 0. The Labute approximate surface area is 150 Å². The predicted octanol–water partition coefficient (Wildman–Crippen LogP) is 1.41. The van der Waals surface area contributed by atoms with E-state index in [9.17, 15) is 26.4 Å². The van der Waals surface area contributed by atoms with Crippen molar-refractivity contribution in [2.45, 2.75) is 30.3 Å². The molecule has 0 atom stereocenters. The number of piperidine rings is 1. The fraction of sp³-hybridized carbons (Fsp3) is 0.562. The summed E-state index contributed by atoms with van der Waals surface area (Å²) in [5, 5.41) is 5.56. The molecule has 10 heteroatoms. The summed E-state index contributed by atoms with van der Waals surface area (Å²) in [6.07, 6.45) is -3.17. The van der Waals surface area contributed by atoms with Gasteiger partial charge in [0.05, 0.1) is 0 Å². The van der Waals surface area contributed by atoms with Crippen molar-refractivity contribution in [2.75, 3.05) is 26.0 Å². The van der Waals surface area contributed by atoms with E-state index in [1.54, 1.807) is 6.07 Å². The average Bonchev–Trinajstić information content (AvgIpc) is 2.57. The van der Waals surface area contributed by atoms with Crippen LogP contribution in [0, 0.1) is 0 Å². The fourth-order valence-electron chi connectivity index (χ4n) is 2.88. The molecule has 0 unspecified atom stereocenters. The molecule has 1 fully saturated rings. The normalized spacial score (nSPS) is 17.5. The lowest BCUT2D eigenvalue weighted by Crippen LogP contribution is -2.57. The lowest BCUT2D eigenvalue weighted by molar-refractivity contribution is -0.153. The number of halogens is 3. The molecule has 146 valence electrons. The van der Waals surface area contributed by atoms with E-state index < -0.39 is 33.3 Å². The van der Waals surface area contributed by atoms with Crippen LogP contribution in [-0.2, 0) is 21.2 Å². The van der Waals surface area contributed by atoms with Crippen molar-refractivity contribution in [3.05, 3.63) is 29.8 Å². The first-order chi connectivity index (χ1) is 12.1. The van der Waals surface area contributed by atoms with Crippen LogP contribution in [-0.4, -0.2) is 51.2 Å². The van der Waals surface area contributed by atoms with Crippen LogP contribution in [0.4, 0.5) is 13.2 Å². The van der Waals surface area contributed by atoms with Gasteiger partial charge in [0.2, 0.25) is 5.91 Å². The lowest BCUT2D eigenvalue weighted by atomic mass is 9.95. The summed E-state index contributed by atoms with van der Waals surface area (Å²) in [5.74, 6) is -0.657. The number of para-hydroxylation sites is 1. The van der Waals surface area contributed by atoms with E-state index in [0.717, 1.165) is 6.26 Å². The Morgan fingerprint density at radius 1 is 1.27 bits per heavy atom. The Bertz CT molecular complexity index is 744. The van der Waals surface area contributed by atoms with Gasteiger partial charge in [0.25, 0.3) is 0 Å². The van der Waals surface area contributed by atoms with E-state index in [1.807, 2.05) is 0 Å². The van der Waals surface area contributed by atoms with Gasteiger partial charge in [-0.05, 0) is 32.0 Å². The number of benzene rings is 1. The molecule has 1 heterocycles. The van der Waals surface area contributed by atoms with Crippen molar-refractivity contribution in [3.63, 3.8) is 0 Å². The molecule has 1 aliphatic rings. The van der Waals surface area contributed by atoms with Crippen LogP contribution >= 0.6 is 0 Å². The minimum absolute atomic E-state index is 0.0103. The van der Waals surface area contributed by atoms with Crippen molar-refractivity contribution in [3.8, 4) is 5.75 Å². The highest BCUT2D eigenvalue weighted by atomic mass is 32.2. The third-order valence-corrected chi connectivity index (χ3v) is 6.35. The van der Waals surface area contributed by atoms with Gasteiger partial charge in [-0.1, -0.05) is 18.2 Å². The van der Waals surface area contributed by atoms with Crippen LogP contribution in [0.2, 0.25) is 0 Å². The zero-order chi connectivity index (χ0) is 19.4. The van der Waals surface area contributed by atoms with Gasteiger partial charge in [-0.3, -0.25) is 4.79 Å². The Kier molecular flexibility index (Phi) is 6.17. The number of alkyl halides is 3. The molecule has 1 aliphatic heterocycles. The first-order valence-electron chi connectivity index (χ1n) is 8.01. The van der Waals surface area contributed by atoms with Crippen molar-refractivity contribution in [2.24, 2.45) is 0 Å². The predicted molar refractivity (Wildman–Crippen MR) is 89.5 cm³/mol. The summed E-state index contributed by atoms with van der Waals surface area (Å²) in [6.45, 7) is -0.786. The van der Waals surface area contributed by atoms with Crippen molar-refractivity contribution < 1.29 is 31.1 Å². The van der Waals surface area contributed by atoms with Gasteiger partial charge in [0.1, 0.15) is 5.75 Å². The molecule has 0 aromatic heterocycles. The number of amides is 1. The van der Waals surface area contributed by atoms with E-state index in [1.165, 1.54) is 18.2 Å². The molecule has 2 rings (SSSR count). The Hall–Kier alpha value is -1.81. The molecule has 2 N–H and O–H groups in total. The zero-order valence-electron chi connectivity index (χ0n) is 14.2. The monoisotopic (exact) mass is 394 g/mol. The first-order valence-corrected chi connectivity index (χ1v) is 9.90. The van der Waals surface area contributed by atoms with Gasteiger partial charge in [-0.15, -0.1) is 0 Å². The maximum Gasteiger partial charge on any atom is 0.422 e. The standard InChI is InChI=1S/C16H21F3N2O4S/c1-26(23,24)15(6-8-20-9-7-15)14(22)21-10-12-4-2-3-5-13(12)25-11-16(17,18)19/h2-5,20H,6-11H2,1H3,(H,21,22). The van der Waals surface area contributed by atoms with Crippen LogP contribution in [0.3, 0.4) is 0 Å². The third kappa shape index (κ3) is 4.88. The Morgan fingerprint density at radius 2 is 1.88 bits per heavy atom. The van der Waals surface area contributed by atoms with E-state index in [2.05, 4.69) is 10.6 Å². The number of carbonyl (C=O) groups is 1. The molecule has 1 saturated heterocycles. The summed E-state index contributed by atoms with van der Waals surface area (Å²) in [5.41, 5.74) is 0.336. The summed E-state index contributed by atoms with van der Waals surface area (Å²) in [7, 11) is -3.66. The van der Waals surface area contributed by atoms with E-state index in [0.29, 0.717) is 18.7 Å². The topological polar surface area (TPSA) is 84.5 Å². The fourth-order valence-corrected chi connectivity index (χ4v) is 4.24. The molecule has 0 radical (unpaired) electrons. The second-order valence-corrected chi connectivity index (χ2v) is 8.54. The van der Waals surface area contributed by atoms with E-state index in [-0.39, 0.29) is 25.1 Å². The van der Waals surface area contributed by atoms with Crippen LogP contribution in [0.15, 0.2) is 24.3 Å². The Balaban J connectivity index is 2.11. The first kappa shape index (κ1) is 20.5. The van der Waals surface area contributed by atoms with Gasteiger partial charge in [-0.2, -0.15) is 13.2 Å². The maximum atomic E-state index is 12.6. The van der Waals surface area contributed by atoms with Gasteiger partial charge in [0, 0.05) is 18.4 Å². The molecule has 0 spiro atoms. The highest BCUT2D eigenvalue weighted by Crippen LogP contribution is 2.28. The van der Waals surface area contributed by atoms with Crippen LogP contribution < -0.4 is 15.4 Å². The number of carbonyl (C=O) groups excluding carboxylic acids is 1. The highest BCUT2D eigenvalue weighted by molar-refractivity contribution is 7.92. The highest BCUT2D eigenvalue weighted by Gasteiger charge is 2.48. The quantitative estimate of drug-likeness (QED) is 0.762. The average molecular weight is 394 g/mol. The summed E-state index contributed by atoms with van der Waals surface area (Å²) < 4.78 is 64.7. The van der Waals surface area contributed by atoms with Crippen molar-refractivity contribution in [1.29, 1.82) is 0 Å². The smallest absolute Gasteiger partial charge is 0.422 e. The molecule has 1 aromatic rings. The lowest BCUT2D eigenvalue weighted by Gasteiger charge is -2.34. The summed E-state index contributed by atoms with van der Waals surface area (Å²) in [6, 6.07) is 5.99. The van der Waals surface area contributed by atoms with Crippen LogP contribution in [0.1, 0.15) is 18.4 Å². The second-order valence-electron chi connectivity index (χ2n) is 6.21. The van der Waals surface area contributed by atoms with Crippen molar-refractivity contribution in [1.82, 2.24) is 10.6 Å². The summed E-state index contributed by atoms with van der Waals surface area (Å²) in [4.78, 5) is 12.6. The third-order valence-electron chi connectivity index (χ3n) is 4.34. The second kappa shape index (κ2) is 7.83. The van der Waals surface area contributed by atoms with Gasteiger partial charge < -0.3 is 15.4 Å². The SMILES string of the molecule is CS(=O)(=O)C1(C(=O)NCc2ccccc2OCC(F)(F)F)CCNCC1. The molecule has 1 amide bonds. The number of sulfone groups is 1. The van der Waals surface area contributed by atoms with Crippen LogP contribution in [0.5, 0.6) is 5.75 Å². The molecule has 0 bridgehead atoms. The molecule has 26 heavy (non-hydrogen) atoms. The molecule has 0 saturated carbocycles.